The van der Waals surface area contributed by atoms with Gasteiger partial charge in [0.1, 0.15) is 32.7 Å². The normalized spacial score (nSPS) is 24.2. The lowest BCUT2D eigenvalue weighted by atomic mass is 10.0. The molecule has 13 rings (SSSR count). The first-order chi connectivity index (χ1) is 41.4. The number of hydrogen-bond acceptors (Lipinski definition) is 21. The minimum absolute atomic E-state index is 0.0513. The summed E-state index contributed by atoms with van der Waals surface area (Å²) in [7, 11) is 3.71. The van der Waals surface area contributed by atoms with E-state index in [1.807, 2.05) is 79.0 Å². The van der Waals surface area contributed by atoms with Gasteiger partial charge in [0.15, 0.2) is 17.5 Å². The Hall–Kier alpha value is -6.76. The number of hydrogen-bond donors (Lipinski definition) is 4. The Labute approximate surface area is 526 Å². The van der Waals surface area contributed by atoms with Gasteiger partial charge in [-0.1, -0.05) is 34.8 Å². The van der Waals surface area contributed by atoms with Crippen molar-refractivity contribution in [2.45, 2.75) is 59.2 Å². The summed E-state index contributed by atoms with van der Waals surface area (Å²) in [5.74, 6) is 7.30. The number of aryl methyl sites for hydroxylation is 2. The molecule has 3 amide bonds. The van der Waals surface area contributed by atoms with Gasteiger partial charge in [-0.2, -0.15) is 30.4 Å². The predicted octanol–water partition coefficient (Wildman–Crippen LogP) is 6.84. The molecule has 468 valence electrons. The molecule has 0 spiro atoms. The lowest BCUT2D eigenvalue weighted by Gasteiger charge is -2.26. The summed E-state index contributed by atoms with van der Waals surface area (Å²) in [6.07, 6.45) is 11.5. The quantitative estimate of drug-likeness (QED) is 0.116. The zero-order valence-electron chi connectivity index (χ0n) is 50.3. The summed E-state index contributed by atoms with van der Waals surface area (Å²) in [6.45, 7) is 25.3. The predicted molar refractivity (Wildman–Crippen MR) is 332 cm³/mol. The number of ether oxygens (including phenoxy) is 2. The molecule has 87 heavy (non-hydrogen) atoms. The average molecular weight is 1280 g/mol. The summed E-state index contributed by atoms with van der Waals surface area (Å²) in [5, 5.41) is 31.8. The van der Waals surface area contributed by atoms with Gasteiger partial charge in [-0.05, 0) is 76.8 Å². The van der Waals surface area contributed by atoms with Crippen LogP contribution in [0.1, 0.15) is 48.0 Å². The number of carbonyl (C=O) groups excluding carboxylic acids is 3. The maximum Gasteiger partial charge on any atom is 0.410 e. The lowest BCUT2D eigenvalue weighted by molar-refractivity contribution is -0.129. The Bertz CT molecular complexity index is 3250. The molecule has 8 aliphatic heterocycles. The number of nitriles is 1. The molecule has 0 aromatic carbocycles. The van der Waals surface area contributed by atoms with Gasteiger partial charge < -0.3 is 60.1 Å². The lowest BCUT2D eigenvalue weighted by Crippen LogP contribution is -2.37. The average Bonchev–Trinajstić information content (AvgIpc) is 1.87. The van der Waals surface area contributed by atoms with E-state index in [0.717, 1.165) is 95.7 Å². The molecule has 13 heterocycles. The minimum atomic E-state index is -0.466. The summed E-state index contributed by atoms with van der Waals surface area (Å²) < 4.78 is 14.2. The smallest absolute Gasteiger partial charge is 0.410 e. The van der Waals surface area contributed by atoms with Gasteiger partial charge in [0.2, 0.25) is 23.1 Å². The number of nitrogens with zero attached hydrogens (tertiary/aromatic N) is 17. The molecular weight excluding hydrogens is 1200 g/mol. The van der Waals surface area contributed by atoms with Crippen LogP contribution in [0.3, 0.4) is 0 Å². The molecule has 0 radical (unpaired) electrons. The zero-order chi connectivity index (χ0) is 61.9. The molecule has 8 atom stereocenters. The van der Waals surface area contributed by atoms with E-state index in [0.29, 0.717) is 112 Å². The maximum absolute atomic E-state index is 12.2. The summed E-state index contributed by atoms with van der Waals surface area (Å²) in [5.41, 5.74) is 0.813. The van der Waals surface area contributed by atoms with Gasteiger partial charge in [-0.15, -0.1) is 0 Å². The number of anilines is 7. The third-order valence-electron chi connectivity index (χ3n) is 16.6. The number of likely N-dealkylation sites (tertiary alicyclic amines) is 3. The van der Waals surface area contributed by atoms with Crippen molar-refractivity contribution in [1.29, 1.82) is 5.26 Å². The molecular formula is C57H77Cl4N21O5. The fourth-order valence-electron chi connectivity index (χ4n) is 12.6. The summed E-state index contributed by atoms with van der Waals surface area (Å²) >= 11 is 24.7. The highest BCUT2D eigenvalue weighted by atomic mass is 35.5. The standard InChI is InChI=1S/C17H19ClN8O.C15H20Cl2N4O2.C14H18ClN7.C11H20N2O2/c1-24-10-13(4-21-24)22-17-20-5-14(18)16(23-17)26-8-11-6-25(7-12(11)9-26)15(27)2-3-19;1-15(2,3)23-14(22)21-7-9-5-20(6-10(9)8-21)12-11(16)4-18-13(17)19-12;1-21-8-11(4-18-21)19-14-17-5-12(15)13(20-14)22-6-9-2-16-3-10(9)7-22;1-11(2,3)15-10(14)13-6-8-4-12-5-9(8)7-13/h4-5,10-12H,2,6-9H2,1H3,(H,20,22,23);4,9-10H,5-8H2,1-3H3;4-5,8-10,16H,2-3,6-7H2,1H3,(H,17,19,20);8-9,12H,4-7H2,1-3H3/t11-,12+;2*9-,10+;8-,9+. The fraction of sp³-hybridized carbons (Fsp3) is 0.614. The topological polar surface area (TPSA) is 274 Å². The highest BCUT2D eigenvalue weighted by Gasteiger charge is 2.45. The van der Waals surface area contributed by atoms with Crippen LogP contribution in [-0.2, 0) is 28.4 Å². The second-order valence-electron chi connectivity index (χ2n) is 25.6. The maximum atomic E-state index is 12.2. The van der Waals surface area contributed by atoms with E-state index in [1.54, 1.807) is 44.0 Å². The van der Waals surface area contributed by atoms with E-state index in [9.17, 15) is 14.4 Å². The van der Waals surface area contributed by atoms with Crippen LogP contribution >= 0.6 is 46.4 Å². The molecule has 0 aliphatic carbocycles. The van der Waals surface area contributed by atoms with Gasteiger partial charge >= 0.3 is 12.2 Å². The van der Waals surface area contributed by atoms with E-state index in [1.165, 1.54) is 6.20 Å². The number of carbonyl (C=O) groups is 3. The van der Waals surface area contributed by atoms with E-state index < -0.39 is 5.60 Å². The van der Waals surface area contributed by atoms with Crippen molar-refractivity contribution in [3.63, 3.8) is 0 Å². The van der Waals surface area contributed by atoms with Crippen LogP contribution in [-0.4, -0.2) is 198 Å². The van der Waals surface area contributed by atoms with Crippen molar-refractivity contribution < 1.29 is 23.9 Å². The van der Waals surface area contributed by atoms with Crippen molar-refractivity contribution in [1.82, 2.24) is 74.8 Å². The first kappa shape index (κ1) is 63.3. The number of rotatable bonds is 8. The minimum Gasteiger partial charge on any atom is -0.444 e. The Morgan fingerprint density at radius 2 is 0.874 bits per heavy atom. The zero-order valence-corrected chi connectivity index (χ0v) is 53.4. The number of halogens is 4. The van der Waals surface area contributed by atoms with Crippen molar-refractivity contribution in [3.8, 4) is 6.07 Å². The Balaban J connectivity index is 0.000000131. The SMILES string of the molecule is CC(C)(C)OC(=O)N1C[C@@H]2CN(c3nc(Cl)ncc3Cl)C[C@@H]2C1.CC(C)(C)OC(=O)N1C[C@H]2CNC[C@H]2C1.Cn1cc(Nc2ncc(Cl)c(N3C[C@H]4CN(C(=O)CC#N)C[C@H]4C3)n2)cn1.Cn1cc(Nc2ncc(Cl)c(N3C[C@H]4CNC[C@H]4C3)n2)cn1. The molecule has 4 N–H and O–H groups in total. The van der Waals surface area contributed by atoms with Gasteiger partial charge in [0.25, 0.3) is 0 Å². The Morgan fingerprint density at radius 3 is 1.24 bits per heavy atom. The van der Waals surface area contributed by atoms with Crippen LogP contribution in [0.5, 0.6) is 0 Å². The van der Waals surface area contributed by atoms with Crippen LogP contribution in [0.4, 0.5) is 50.3 Å². The second kappa shape index (κ2) is 26.9. The van der Waals surface area contributed by atoms with Gasteiger partial charge in [-0.25, -0.2) is 24.5 Å². The molecule has 0 unspecified atom stereocenters. The van der Waals surface area contributed by atoms with E-state index >= 15 is 0 Å². The number of nitrogens with one attached hydrogen (secondary N) is 4. The molecule has 5 aromatic heterocycles. The summed E-state index contributed by atoms with van der Waals surface area (Å²) in [4.78, 5) is 73.7. The molecule has 5 aromatic rings. The van der Waals surface area contributed by atoms with Crippen molar-refractivity contribution in [2.24, 2.45) is 61.4 Å². The number of amides is 3. The molecule has 8 aliphatic rings. The summed E-state index contributed by atoms with van der Waals surface area (Å²) in [6, 6.07) is 1.93. The number of fused-ring (bicyclic) bond motifs is 4. The van der Waals surface area contributed by atoms with Gasteiger partial charge in [0.05, 0.1) is 48.4 Å². The van der Waals surface area contributed by atoms with Crippen LogP contribution < -0.4 is 36.0 Å². The Morgan fingerprint density at radius 1 is 0.529 bits per heavy atom. The highest BCUT2D eigenvalue weighted by molar-refractivity contribution is 6.34. The third-order valence-corrected chi connectivity index (χ3v) is 17.6. The first-order valence-corrected chi connectivity index (χ1v) is 30.9. The third kappa shape index (κ3) is 16.1. The molecule has 8 fully saturated rings. The molecule has 0 saturated carbocycles. The van der Waals surface area contributed by atoms with E-state index in [2.05, 4.69) is 76.1 Å². The molecule has 30 heteroatoms. The van der Waals surface area contributed by atoms with Crippen molar-refractivity contribution in [3.05, 3.63) is 63.7 Å². The van der Waals surface area contributed by atoms with Crippen LogP contribution in [0.25, 0.3) is 0 Å². The molecule has 8 saturated heterocycles. The van der Waals surface area contributed by atoms with E-state index in [4.69, 9.17) is 61.1 Å². The highest BCUT2D eigenvalue weighted by Crippen LogP contribution is 2.39. The molecule has 26 nitrogen and oxygen atoms in total. The first-order valence-electron chi connectivity index (χ1n) is 29.4. The van der Waals surface area contributed by atoms with Gasteiger partial charge in [0, 0.05) is 155 Å². The van der Waals surface area contributed by atoms with Crippen LogP contribution in [0, 0.1) is 58.7 Å². The van der Waals surface area contributed by atoms with Crippen molar-refractivity contribution >= 4 is 105 Å². The number of aromatic nitrogens is 10. The van der Waals surface area contributed by atoms with Crippen molar-refractivity contribution in [2.75, 3.05) is 130 Å². The Kier molecular flexibility index (Phi) is 19.6. The largest absolute Gasteiger partial charge is 0.444 e. The van der Waals surface area contributed by atoms with Crippen LogP contribution in [0.2, 0.25) is 20.4 Å². The van der Waals surface area contributed by atoms with E-state index in [-0.39, 0.29) is 35.4 Å². The van der Waals surface area contributed by atoms with Gasteiger partial charge in [-0.3, -0.25) is 14.2 Å². The fourth-order valence-corrected chi connectivity index (χ4v) is 13.4. The molecule has 0 bridgehead atoms. The monoisotopic (exact) mass is 1280 g/mol. The van der Waals surface area contributed by atoms with Crippen LogP contribution in [0.15, 0.2) is 43.4 Å². The second-order valence-corrected chi connectivity index (χ2v) is 27.2.